The van der Waals surface area contributed by atoms with E-state index in [-0.39, 0.29) is 40.6 Å². The summed E-state index contributed by atoms with van der Waals surface area (Å²) >= 11 is 0. The standard InChI is InChI=1S/C27H23F3N2O3.C17H12F3N3O3/c1-16(2)19-12-21(27(28,29)30)23(13-24(19)35-15-17-8-4-3-5-9-17)32-26(34)20-14-31-22-11-7-6-10-18(22)25(20)33;1-26-16-11(17(18,19)20)6-7-13(23-16)22-15(25)10-8-21-12-5-3-2-4-9(12)14(10)24/h3-14,16H,15H2,1-2H3,(H,31,33)(H,32,34);2-8H,1H3,(H,21,24)(H,22,23,25). The highest BCUT2D eigenvalue weighted by atomic mass is 19.4. The Labute approximate surface area is 342 Å². The van der Waals surface area contributed by atoms with Crippen LogP contribution in [0.4, 0.5) is 37.8 Å². The minimum atomic E-state index is -4.74. The first kappa shape index (κ1) is 43.2. The Balaban J connectivity index is 0.000000213. The average molecular weight is 844 g/mol. The van der Waals surface area contributed by atoms with Crippen molar-refractivity contribution in [2.45, 2.75) is 38.7 Å². The molecule has 4 N–H and O–H groups in total. The molecule has 0 saturated carbocycles. The number of methoxy groups -OCH3 is 1. The molecule has 61 heavy (non-hydrogen) atoms. The van der Waals surface area contributed by atoms with Gasteiger partial charge in [-0.05, 0) is 59.5 Å². The number of carbonyl (C=O) groups excluding carboxylic acids is 2. The second kappa shape index (κ2) is 17.8. The first-order valence-electron chi connectivity index (χ1n) is 18.3. The summed E-state index contributed by atoms with van der Waals surface area (Å²) < 4.78 is 90.9. The Morgan fingerprint density at radius 3 is 1.74 bits per heavy atom. The van der Waals surface area contributed by atoms with E-state index in [4.69, 9.17) is 4.74 Å². The predicted molar refractivity (Wildman–Crippen MR) is 217 cm³/mol. The Hall–Kier alpha value is -7.43. The van der Waals surface area contributed by atoms with Gasteiger partial charge in [-0.1, -0.05) is 68.4 Å². The Kier molecular flexibility index (Phi) is 12.6. The maximum absolute atomic E-state index is 14.0. The van der Waals surface area contributed by atoms with Crippen molar-refractivity contribution in [2.75, 3.05) is 17.7 Å². The quantitative estimate of drug-likeness (QED) is 0.106. The van der Waals surface area contributed by atoms with Gasteiger partial charge in [-0.25, -0.2) is 0 Å². The molecule has 0 aliphatic heterocycles. The molecule has 0 unspecified atom stereocenters. The molecule has 0 fully saturated rings. The summed E-state index contributed by atoms with van der Waals surface area (Å²) in [5.74, 6) is -2.65. The number of pyridine rings is 3. The number of anilines is 2. The molecule has 7 aromatic rings. The smallest absolute Gasteiger partial charge is 0.421 e. The van der Waals surface area contributed by atoms with Crippen molar-refractivity contribution >= 4 is 45.1 Å². The van der Waals surface area contributed by atoms with Crippen LogP contribution >= 0.6 is 0 Å². The molecular weight excluding hydrogens is 809 g/mol. The lowest BCUT2D eigenvalue weighted by Crippen LogP contribution is -2.23. The lowest BCUT2D eigenvalue weighted by Gasteiger charge is -2.21. The van der Waals surface area contributed by atoms with Crippen molar-refractivity contribution < 1.29 is 45.4 Å². The van der Waals surface area contributed by atoms with Crippen molar-refractivity contribution in [3.05, 3.63) is 169 Å². The van der Waals surface area contributed by atoms with Crippen molar-refractivity contribution in [3.8, 4) is 11.6 Å². The number of carbonyl (C=O) groups is 2. The maximum atomic E-state index is 14.0. The van der Waals surface area contributed by atoms with Crippen LogP contribution in [0.3, 0.4) is 0 Å². The number of rotatable bonds is 9. The van der Waals surface area contributed by atoms with Crippen LogP contribution in [0.25, 0.3) is 21.8 Å². The highest BCUT2D eigenvalue weighted by Gasteiger charge is 2.37. The van der Waals surface area contributed by atoms with E-state index in [9.17, 15) is 45.5 Å². The zero-order valence-corrected chi connectivity index (χ0v) is 32.4. The topological polar surface area (TPSA) is 155 Å². The van der Waals surface area contributed by atoms with E-state index in [1.165, 1.54) is 18.5 Å². The monoisotopic (exact) mass is 843 g/mol. The first-order valence-corrected chi connectivity index (χ1v) is 18.3. The van der Waals surface area contributed by atoms with Gasteiger partial charge in [0.1, 0.15) is 34.9 Å². The number of hydrogen-bond donors (Lipinski definition) is 4. The fraction of sp³-hybridized carbons (Fsp3) is 0.159. The largest absolute Gasteiger partial charge is 0.489 e. The molecule has 3 aromatic heterocycles. The van der Waals surface area contributed by atoms with Gasteiger partial charge in [0.15, 0.2) is 0 Å². The van der Waals surface area contributed by atoms with Crippen LogP contribution in [-0.4, -0.2) is 33.9 Å². The SMILES string of the molecule is CC(C)c1cc(C(F)(F)F)c(NC(=O)c2c[nH]c3ccccc3c2=O)cc1OCc1ccccc1.COc1nc(NC(=O)c2c[nH]c3ccccc3c2=O)ccc1C(F)(F)F. The Morgan fingerprint density at radius 1 is 0.689 bits per heavy atom. The number of ether oxygens (including phenoxy) is 2. The molecule has 0 spiro atoms. The van der Waals surface area contributed by atoms with E-state index in [1.54, 1.807) is 62.4 Å². The summed E-state index contributed by atoms with van der Waals surface area (Å²) in [6.45, 7) is 3.67. The zero-order valence-electron chi connectivity index (χ0n) is 32.4. The van der Waals surface area contributed by atoms with E-state index in [0.717, 1.165) is 30.9 Å². The highest BCUT2D eigenvalue weighted by molar-refractivity contribution is 6.06. The van der Waals surface area contributed by atoms with Gasteiger partial charge in [-0.3, -0.25) is 19.2 Å². The van der Waals surface area contributed by atoms with E-state index >= 15 is 0 Å². The number of alkyl halides is 6. The number of nitrogens with zero attached hydrogens (tertiary/aromatic N) is 1. The normalized spacial score (nSPS) is 11.5. The van der Waals surface area contributed by atoms with Crippen LogP contribution in [0, 0.1) is 0 Å². The third-order valence-corrected chi connectivity index (χ3v) is 9.23. The van der Waals surface area contributed by atoms with Crippen LogP contribution in [-0.2, 0) is 19.0 Å². The molecule has 3 heterocycles. The van der Waals surface area contributed by atoms with Gasteiger partial charge in [0.2, 0.25) is 16.7 Å². The van der Waals surface area contributed by atoms with E-state index in [0.29, 0.717) is 22.0 Å². The number of H-pyrrole nitrogens is 2. The molecule has 0 saturated heterocycles. The van der Waals surface area contributed by atoms with Crippen LogP contribution in [0.5, 0.6) is 11.6 Å². The predicted octanol–water partition coefficient (Wildman–Crippen LogP) is 9.70. The molecular formula is C44H35F6N5O6. The van der Waals surface area contributed by atoms with Crippen molar-refractivity contribution in [1.82, 2.24) is 15.0 Å². The second-order valence-corrected chi connectivity index (χ2v) is 13.7. The van der Waals surface area contributed by atoms with Crippen molar-refractivity contribution in [2.24, 2.45) is 0 Å². The van der Waals surface area contributed by atoms with E-state index in [1.807, 2.05) is 30.3 Å². The van der Waals surface area contributed by atoms with Gasteiger partial charge < -0.3 is 30.1 Å². The summed E-state index contributed by atoms with van der Waals surface area (Å²) in [6, 6.07) is 26.3. The minimum Gasteiger partial charge on any atom is -0.489 e. The Morgan fingerprint density at radius 2 is 1.21 bits per heavy atom. The number of aromatic nitrogens is 3. The highest BCUT2D eigenvalue weighted by Crippen LogP contribution is 2.41. The fourth-order valence-corrected chi connectivity index (χ4v) is 6.17. The Bertz CT molecular complexity index is 2860. The molecule has 7 rings (SSSR count). The van der Waals surface area contributed by atoms with Gasteiger partial charge in [0.05, 0.1) is 18.4 Å². The van der Waals surface area contributed by atoms with Gasteiger partial charge in [0.25, 0.3) is 11.8 Å². The third kappa shape index (κ3) is 9.89. The molecule has 0 aliphatic rings. The maximum Gasteiger partial charge on any atom is 0.421 e. The van der Waals surface area contributed by atoms with Crippen LogP contribution in [0.2, 0.25) is 0 Å². The van der Waals surface area contributed by atoms with Gasteiger partial charge >= 0.3 is 12.4 Å². The lowest BCUT2D eigenvalue weighted by atomic mass is 9.97. The molecule has 11 nitrogen and oxygen atoms in total. The minimum absolute atomic E-state index is 0.143. The number of hydrogen-bond acceptors (Lipinski definition) is 7. The first-order chi connectivity index (χ1) is 29.0. The number of halogens is 6. The second-order valence-electron chi connectivity index (χ2n) is 13.7. The van der Waals surface area contributed by atoms with Crippen LogP contribution < -0.4 is 31.0 Å². The lowest BCUT2D eigenvalue weighted by molar-refractivity contribution is -0.139. The zero-order chi connectivity index (χ0) is 44.1. The van der Waals surface area contributed by atoms with E-state index < -0.39 is 57.7 Å². The van der Waals surface area contributed by atoms with Crippen LogP contribution in [0.15, 0.2) is 125 Å². The van der Waals surface area contributed by atoms with Gasteiger partial charge in [-0.15, -0.1) is 0 Å². The number of para-hydroxylation sites is 2. The molecule has 0 atom stereocenters. The number of benzene rings is 4. The third-order valence-electron chi connectivity index (χ3n) is 9.23. The molecule has 314 valence electrons. The summed E-state index contributed by atoms with van der Waals surface area (Å²) in [7, 11) is 1.04. The molecule has 2 amide bonds. The summed E-state index contributed by atoms with van der Waals surface area (Å²) in [4.78, 5) is 59.7. The number of fused-ring (bicyclic) bond motifs is 2. The van der Waals surface area contributed by atoms with E-state index in [2.05, 4.69) is 30.3 Å². The molecule has 0 aliphatic carbocycles. The molecule has 0 radical (unpaired) electrons. The summed E-state index contributed by atoms with van der Waals surface area (Å²) in [5, 5.41) is 5.16. The number of amides is 2. The summed E-state index contributed by atoms with van der Waals surface area (Å²) in [5.41, 5.74) is -1.86. The van der Waals surface area contributed by atoms with Gasteiger partial charge in [-0.2, -0.15) is 31.3 Å². The summed E-state index contributed by atoms with van der Waals surface area (Å²) in [6.07, 6.45) is -6.94. The van der Waals surface area contributed by atoms with Crippen molar-refractivity contribution in [1.29, 1.82) is 0 Å². The van der Waals surface area contributed by atoms with Crippen molar-refractivity contribution in [3.63, 3.8) is 0 Å². The average Bonchev–Trinajstić information content (AvgIpc) is 3.23. The molecule has 4 aromatic carbocycles. The molecule has 0 bridgehead atoms. The molecule has 17 heteroatoms. The van der Waals surface area contributed by atoms with Crippen LogP contribution in [0.1, 0.15) is 62.7 Å². The van der Waals surface area contributed by atoms with Gasteiger partial charge in [0, 0.05) is 40.3 Å². The fourth-order valence-electron chi connectivity index (χ4n) is 6.17. The number of nitrogens with one attached hydrogen (secondary N) is 4. The number of aromatic amines is 2.